The molecule has 3 aromatic rings. The van der Waals surface area contributed by atoms with E-state index >= 15 is 0 Å². The van der Waals surface area contributed by atoms with E-state index in [1.165, 1.54) is 5.56 Å². The fraction of sp³-hybridized carbons (Fsp3) is 0.250. The Kier molecular flexibility index (Phi) is 6.17. The second kappa shape index (κ2) is 9.34. The Labute approximate surface area is 171 Å². The third-order valence-corrected chi connectivity index (χ3v) is 5.23. The molecule has 0 unspecified atom stereocenters. The molecule has 4 rings (SSSR count). The highest BCUT2D eigenvalue weighted by molar-refractivity contribution is 5.93. The molecule has 1 aliphatic heterocycles. The maximum atomic E-state index is 12.8. The van der Waals surface area contributed by atoms with Crippen LogP contribution in [0.1, 0.15) is 18.4 Å². The zero-order chi connectivity index (χ0) is 19.9. The lowest BCUT2D eigenvalue weighted by Gasteiger charge is -2.31. The number of likely N-dealkylation sites (tertiary alicyclic amines) is 1. The number of nitrogens with zero attached hydrogens (tertiary/aromatic N) is 3. The quantitative estimate of drug-likeness (QED) is 0.689. The second-order valence-corrected chi connectivity index (χ2v) is 7.40. The normalized spacial score (nSPS) is 17.4. The van der Waals surface area contributed by atoms with Crippen LogP contribution in [-0.4, -0.2) is 40.2 Å². The van der Waals surface area contributed by atoms with E-state index in [0.29, 0.717) is 0 Å². The van der Waals surface area contributed by atoms with Crippen molar-refractivity contribution in [3.63, 3.8) is 0 Å². The van der Waals surface area contributed by atoms with Gasteiger partial charge in [0.25, 0.3) is 0 Å². The van der Waals surface area contributed by atoms with Crippen molar-refractivity contribution in [3.05, 3.63) is 84.7 Å². The summed E-state index contributed by atoms with van der Waals surface area (Å²) in [5.74, 6) is 0.113. The van der Waals surface area contributed by atoms with Gasteiger partial charge in [0.15, 0.2) is 0 Å². The van der Waals surface area contributed by atoms with Gasteiger partial charge in [-0.2, -0.15) is 5.10 Å². The highest BCUT2D eigenvalue weighted by atomic mass is 16.1. The van der Waals surface area contributed by atoms with Crippen LogP contribution in [0.15, 0.2) is 79.1 Å². The number of rotatable bonds is 6. The zero-order valence-corrected chi connectivity index (χ0v) is 16.4. The summed E-state index contributed by atoms with van der Waals surface area (Å²) in [7, 11) is 0. The molecule has 1 aliphatic rings. The summed E-state index contributed by atoms with van der Waals surface area (Å²) in [5, 5.41) is 7.34. The Hall–Kier alpha value is -3.18. The van der Waals surface area contributed by atoms with Crippen LogP contribution < -0.4 is 5.32 Å². The fourth-order valence-corrected chi connectivity index (χ4v) is 3.73. The lowest BCUT2D eigenvalue weighted by Crippen LogP contribution is -2.40. The van der Waals surface area contributed by atoms with Gasteiger partial charge < -0.3 is 5.32 Å². The predicted molar refractivity (Wildman–Crippen MR) is 117 cm³/mol. The number of anilines is 1. The van der Waals surface area contributed by atoms with Crippen molar-refractivity contribution in [1.82, 2.24) is 14.7 Å². The predicted octanol–water partition coefficient (Wildman–Crippen LogP) is 4.24. The summed E-state index contributed by atoms with van der Waals surface area (Å²) in [6.45, 7) is 2.70. The maximum absolute atomic E-state index is 12.8. The van der Waals surface area contributed by atoms with Crippen molar-refractivity contribution in [2.45, 2.75) is 12.8 Å². The minimum Gasteiger partial charge on any atom is -0.326 e. The molecule has 0 saturated carbocycles. The Bertz CT molecular complexity index is 950. The molecule has 1 aromatic heterocycles. The van der Waals surface area contributed by atoms with Crippen molar-refractivity contribution in [2.75, 3.05) is 25.0 Å². The van der Waals surface area contributed by atoms with Crippen molar-refractivity contribution in [2.24, 2.45) is 5.92 Å². The molecule has 29 heavy (non-hydrogen) atoms. The number of benzene rings is 2. The summed E-state index contributed by atoms with van der Waals surface area (Å²) in [4.78, 5) is 15.2. The van der Waals surface area contributed by atoms with Crippen LogP contribution in [0.4, 0.5) is 5.69 Å². The third kappa shape index (κ3) is 5.21. The molecule has 0 aliphatic carbocycles. The van der Waals surface area contributed by atoms with E-state index in [1.54, 1.807) is 10.9 Å². The first-order valence-electron chi connectivity index (χ1n) is 10.1. The lowest BCUT2D eigenvalue weighted by atomic mass is 9.97. The minimum absolute atomic E-state index is 0.0160. The van der Waals surface area contributed by atoms with Crippen molar-refractivity contribution < 1.29 is 4.79 Å². The van der Waals surface area contributed by atoms with Crippen LogP contribution in [0, 0.1) is 5.92 Å². The summed E-state index contributed by atoms with van der Waals surface area (Å²) < 4.78 is 1.79. The Morgan fingerprint density at radius 2 is 2.03 bits per heavy atom. The van der Waals surface area contributed by atoms with E-state index in [9.17, 15) is 4.79 Å². The van der Waals surface area contributed by atoms with E-state index in [2.05, 4.69) is 39.6 Å². The first-order valence-corrected chi connectivity index (χ1v) is 10.1. The van der Waals surface area contributed by atoms with Crippen LogP contribution in [0.2, 0.25) is 0 Å². The van der Waals surface area contributed by atoms with Crippen LogP contribution in [0.3, 0.4) is 0 Å². The van der Waals surface area contributed by atoms with E-state index in [0.717, 1.165) is 43.9 Å². The minimum atomic E-state index is 0.0160. The molecule has 1 amide bonds. The molecule has 148 valence electrons. The topological polar surface area (TPSA) is 50.2 Å². The SMILES string of the molecule is O=C(Nc1cccc(-n2cccn2)c1)[C@@H]1CCCN(C/C=C/c2ccccc2)C1. The smallest absolute Gasteiger partial charge is 0.228 e. The molecule has 1 fully saturated rings. The van der Waals surface area contributed by atoms with Gasteiger partial charge in [0, 0.05) is 31.2 Å². The number of piperidine rings is 1. The molecule has 1 N–H and O–H groups in total. The number of nitrogens with one attached hydrogen (secondary N) is 1. The van der Waals surface area contributed by atoms with Crippen LogP contribution in [0.25, 0.3) is 11.8 Å². The van der Waals surface area contributed by atoms with Gasteiger partial charge in [0.1, 0.15) is 0 Å². The van der Waals surface area contributed by atoms with Gasteiger partial charge in [0.05, 0.1) is 11.6 Å². The van der Waals surface area contributed by atoms with Gasteiger partial charge >= 0.3 is 0 Å². The van der Waals surface area contributed by atoms with Crippen molar-refractivity contribution in [1.29, 1.82) is 0 Å². The van der Waals surface area contributed by atoms with E-state index in [1.807, 2.05) is 54.7 Å². The molecule has 0 spiro atoms. The highest BCUT2D eigenvalue weighted by Gasteiger charge is 2.25. The molecule has 1 atom stereocenters. The first kappa shape index (κ1) is 19.2. The monoisotopic (exact) mass is 386 g/mol. The first-order chi connectivity index (χ1) is 14.3. The molecule has 0 bridgehead atoms. The molecule has 5 nitrogen and oxygen atoms in total. The average Bonchev–Trinajstić information content (AvgIpc) is 3.30. The van der Waals surface area contributed by atoms with Gasteiger partial charge in [0.2, 0.25) is 5.91 Å². The fourth-order valence-electron chi connectivity index (χ4n) is 3.73. The number of carbonyl (C=O) groups excluding carboxylic acids is 1. The summed E-state index contributed by atoms with van der Waals surface area (Å²) in [6, 6.07) is 20.0. The molecule has 5 heteroatoms. The van der Waals surface area contributed by atoms with E-state index in [-0.39, 0.29) is 11.8 Å². The summed E-state index contributed by atoms with van der Waals surface area (Å²) >= 11 is 0. The second-order valence-electron chi connectivity index (χ2n) is 7.40. The average molecular weight is 386 g/mol. The number of hydrogen-bond donors (Lipinski definition) is 1. The van der Waals surface area contributed by atoms with Gasteiger partial charge in [-0.1, -0.05) is 48.6 Å². The summed E-state index contributed by atoms with van der Waals surface area (Å²) in [6.07, 6.45) is 9.94. The lowest BCUT2D eigenvalue weighted by molar-refractivity contribution is -0.121. The number of hydrogen-bond acceptors (Lipinski definition) is 3. The number of amides is 1. The molecule has 2 aromatic carbocycles. The standard InChI is InChI=1S/C24H26N4O/c29-24(26-22-12-4-13-23(18-22)28-17-7-14-25-28)21-11-6-16-27(19-21)15-5-10-20-8-2-1-3-9-20/h1-5,7-10,12-14,17-18,21H,6,11,15-16,19H2,(H,26,29)/b10-5+/t21-/m1/s1. The molecule has 2 heterocycles. The Morgan fingerprint density at radius 1 is 1.14 bits per heavy atom. The molecule has 0 radical (unpaired) electrons. The highest BCUT2D eigenvalue weighted by Crippen LogP contribution is 2.20. The number of carbonyl (C=O) groups is 1. The molecular formula is C24H26N4O. The van der Waals surface area contributed by atoms with Crippen molar-refractivity contribution >= 4 is 17.7 Å². The van der Waals surface area contributed by atoms with Crippen LogP contribution >= 0.6 is 0 Å². The summed E-state index contributed by atoms with van der Waals surface area (Å²) in [5.41, 5.74) is 2.95. The van der Waals surface area contributed by atoms with Crippen LogP contribution in [-0.2, 0) is 4.79 Å². The largest absolute Gasteiger partial charge is 0.326 e. The third-order valence-electron chi connectivity index (χ3n) is 5.23. The Balaban J connectivity index is 1.33. The zero-order valence-electron chi connectivity index (χ0n) is 16.4. The Morgan fingerprint density at radius 3 is 2.86 bits per heavy atom. The molecule has 1 saturated heterocycles. The van der Waals surface area contributed by atoms with Gasteiger partial charge in [-0.05, 0) is 49.2 Å². The maximum Gasteiger partial charge on any atom is 0.228 e. The van der Waals surface area contributed by atoms with Crippen molar-refractivity contribution in [3.8, 4) is 5.69 Å². The van der Waals surface area contributed by atoms with Gasteiger partial charge in [-0.15, -0.1) is 0 Å². The van der Waals surface area contributed by atoms with E-state index < -0.39 is 0 Å². The van der Waals surface area contributed by atoms with E-state index in [4.69, 9.17) is 0 Å². The molecular weight excluding hydrogens is 360 g/mol. The number of aromatic nitrogens is 2. The van der Waals surface area contributed by atoms with Gasteiger partial charge in [-0.3, -0.25) is 9.69 Å². The van der Waals surface area contributed by atoms with Gasteiger partial charge in [-0.25, -0.2) is 4.68 Å². The van der Waals surface area contributed by atoms with Crippen LogP contribution in [0.5, 0.6) is 0 Å².